The van der Waals surface area contributed by atoms with Gasteiger partial charge in [0.25, 0.3) is 0 Å². The van der Waals surface area contributed by atoms with Crippen LogP contribution in [0.5, 0.6) is 5.75 Å². The first-order valence-electron chi connectivity index (χ1n) is 10.9. The highest BCUT2D eigenvalue weighted by Gasteiger charge is 2.32. The molecule has 9 heteroatoms. The number of aromatic nitrogens is 4. The summed E-state index contributed by atoms with van der Waals surface area (Å²) in [5.74, 6) is 2.35. The van der Waals surface area contributed by atoms with E-state index >= 15 is 0 Å². The van der Waals surface area contributed by atoms with Crippen molar-refractivity contribution < 1.29 is 4.74 Å². The van der Waals surface area contributed by atoms with E-state index in [9.17, 15) is 5.26 Å². The molecular formula is C23H23N7OS. The molecule has 0 spiro atoms. The van der Waals surface area contributed by atoms with Crippen LogP contribution in [0.1, 0.15) is 45.5 Å². The van der Waals surface area contributed by atoms with Crippen LogP contribution in [0.2, 0.25) is 0 Å². The van der Waals surface area contributed by atoms with Gasteiger partial charge in [-0.25, -0.2) is 9.97 Å². The highest BCUT2D eigenvalue weighted by atomic mass is 32.1. The molecule has 1 fully saturated rings. The summed E-state index contributed by atoms with van der Waals surface area (Å²) < 4.78 is 7.05. The van der Waals surface area contributed by atoms with Crippen LogP contribution in [0.3, 0.4) is 0 Å². The third-order valence-corrected chi connectivity index (χ3v) is 7.81. The minimum Gasteiger partial charge on any atom is -0.494 e. The standard InChI is InChI=1S/C23H23N7OS/c1-31-17-4-2-3-15-20(17)27-23(25)30-22(15)26-19(28-30)8-10-29-9-7-14-16(11-24)21(13-5-6-13)32-18(14)12-29/h2-4,13H,5-10,12H2,1H3,(H2,25,27). The van der Waals surface area contributed by atoms with Crippen LogP contribution in [0.4, 0.5) is 5.95 Å². The molecule has 1 aliphatic carbocycles. The monoisotopic (exact) mass is 445 g/mol. The zero-order valence-electron chi connectivity index (χ0n) is 17.8. The number of para-hydroxylation sites is 1. The Morgan fingerprint density at radius 2 is 2.19 bits per heavy atom. The Hall–Kier alpha value is -3.22. The summed E-state index contributed by atoms with van der Waals surface area (Å²) in [5, 5.41) is 15.1. The summed E-state index contributed by atoms with van der Waals surface area (Å²) in [6.45, 7) is 2.72. The first-order valence-corrected chi connectivity index (χ1v) is 11.7. The first kappa shape index (κ1) is 19.5. The molecule has 8 nitrogen and oxygen atoms in total. The molecular weight excluding hydrogens is 422 g/mol. The number of ether oxygens (including phenoxy) is 1. The van der Waals surface area contributed by atoms with E-state index in [4.69, 9.17) is 15.5 Å². The second-order valence-corrected chi connectivity index (χ2v) is 9.63. The van der Waals surface area contributed by atoms with E-state index in [1.54, 1.807) is 11.6 Å². The van der Waals surface area contributed by atoms with Gasteiger partial charge in [0.15, 0.2) is 11.5 Å². The van der Waals surface area contributed by atoms with Gasteiger partial charge in [0.2, 0.25) is 5.95 Å². The molecule has 3 aromatic heterocycles. The van der Waals surface area contributed by atoms with Crippen molar-refractivity contribution in [3.8, 4) is 11.8 Å². The van der Waals surface area contributed by atoms with E-state index in [0.717, 1.165) is 49.2 Å². The number of thiophene rings is 1. The number of nitrogens with zero attached hydrogens (tertiary/aromatic N) is 6. The van der Waals surface area contributed by atoms with E-state index < -0.39 is 0 Å². The number of fused-ring (bicyclic) bond motifs is 4. The van der Waals surface area contributed by atoms with E-state index in [0.29, 0.717) is 28.8 Å². The third-order valence-electron chi connectivity index (χ3n) is 6.43. The van der Waals surface area contributed by atoms with Gasteiger partial charge >= 0.3 is 0 Å². The molecule has 6 rings (SSSR count). The van der Waals surface area contributed by atoms with E-state index in [1.807, 2.05) is 29.5 Å². The van der Waals surface area contributed by atoms with Crippen molar-refractivity contribution in [2.75, 3.05) is 25.9 Å². The molecule has 0 unspecified atom stereocenters. The molecule has 4 aromatic rings. The third kappa shape index (κ3) is 3.10. The van der Waals surface area contributed by atoms with Crippen LogP contribution >= 0.6 is 11.3 Å². The number of nitriles is 1. The minimum atomic E-state index is 0.300. The Balaban J connectivity index is 1.24. The summed E-state index contributed by atoms with van der Waals surface area (Å²) in [6.07, 6.45) is 4.14. The minimum absolute atomic E-state index is 0.300. The molecule has 0 radical (unpaired) electrons. The molecule has 162 valence electrons. The number of hydrogen-bond donors (Lipinski definition) is 1. The number of nitrogens with two attached hydrogens (primary N) is 1. The van der Waals surface area contributed by atoms with Crippen molar-refractivity contribution in [1.29, 1.82) is 5.26 Å². The van der Waals surface area contributed by atoms with Crippen LogP contribution in [0.25, 0.3) is 16.6 Å². The highest BCUT2D eigenvalue weighted by Crippen LogP contribution is 2.47. The molecule has 2 aliphatic rings. The van der Waals surface area contributed by atoms with E-state index in [-0.39, 0.29) is 0 Å². The molecule has 1 aliphatic heterocycles. The number of methoxy groups -OCH3 is 1. The summed E-state index contributed by atoms with van der Waals surface area (Å²) in [4.78, 5) is 14.4. The Kier molecular flexibility index (Phi) is 4.52. The SMILES string of the molecule is COc1cccc2c1nc(N)n1nc(CCN3CCc4c(sc(C5CC5)c4C#N)C3)nc21. The topological polar surface area (TPSA) is 105 Å². The quantitative estimate of drug-likeness (QED) is 0.502. The van der Waals surface area contributed by atoms with Gasteiger partial charge < -0.3 is 10.5 Å². The van der Waals surface area contributed by atoms with Gasteiger partial charge in [0.1, 0.15) is 17.3 Å². The number of hydrogen-bond acceptors (Lipinski definition) is 8. The van der Waals surface area contributed by atoms with Crippen LogP contribution < -0.4 is 10.5 Å². The van der Waals surface area contributed by atoms with Gasteiger partial charge in [-0.3, -0.25) is 4.90 Å². The molecule has 1 aromatic carbocycles. The zero-order valence-corrected chi connectivity index (χ0v) is 18.7. The van der Waals surface area contributed by atoms with Gasteiger partial charge in [-0.05, 0) is 42.9 Å². The lowest BCUT2D eigenvalue weighted by Gasteiger charge is -2.26. The van der Waals surface area contributed by atoms with Gasteiger partial charge in [-0.2, -0.15) is 9.78 Å². The molecule has 4 heterocycles. The van der Waals surface area contributed by atoms with Crippen molar-refractivity contribution >= 4 is 33.8 Å². The maximum absolute atomic E-state index is 9.66. The number of anilines is 1. The largest absolute Gasteiger partial charge is 0.494 e. The van der Waals surface area contributed by atoms with E-state index in [1.165, 1.54) is 28.2 Å². The number of nitrogen functional groups attached to an aromatic ring is 1. The first-order chi connectivity index (χ1) is 15.7. The van der Waals surface area contributed by atoms with Crippen molar-refractivity contribution in [1.82, 2.24) is 24.5 Å². The Labute approximate surface area is 189 Å². The van der Waals surface area contributed by atoms with Gasteiger partial charge in [0, 0.05) is 41.2 Å². The van der Waals surface area contributed by atoms with Crippen molar-refractivity contribution in [3.63, 3.8) is 0 Å². The summed E-state index contributed by atoms with van der Waals surface area (Å²) in [6, 6.07) is 8.23. The average molecular weight is 446 g/mol. The second kappa shape index (κ2) is 7.43. The molecule has 2 N–H and O–H groups in total. The van der Waals surface area contributed by atoms with Crippen molar-refractivity contribution in [2.45, 2.75) is 38.1 Å². The molecule has 0 amide bonds. The van der Waals surface area contributed by atoms with Gasteiger partial charge in [-0.1, -0.05) is 6.07 Å². The lowest BCUT2D eigenvalue weighted by Crippen LogP contribution is -2.31. The summed E-state index contributed by atoms with van der Waals surface area (Å²) in [5.41, 5.74) is 9.83. The molecule has 0 atom stereocenters. The lowest BCUT2D eigenvalue weighted by atomic mass is 10.0. The second-order valence-electron chi connectivity index (χ2n) is 8.50. The Morgan fingerprint density at radius 3 is 2.97 bits per heavy atom. The molecule has 0 bridgehead atoms. The van der Waals surface area contributed by atoms with Crippen LogP contribution in [0.15, 0.2) is 18.2 Å². The molecule has 1 saturated carbocycles. The molecule has 0 saturated heterocycles. The normalized spacial score (nSPS) is 16.4. The smallest absolute Gasteiger partial charge is 0.223 e. The zero-order chi connectivity index (χ0) is 21.8. The fourth-order valence-corrected chi connectivity index (χ4v) is 6.13. The molecule has 32 heavy (non-hydrogen) atoms. The van der Waals surface area contributed by atoms with Gasteiger partial charge in [0.05, 0.1) is 12.7 Å². The number of benzene rings is 1. The number of rotatable bonds is 5. The fourth-order valence-electron chi connectivity index (χ4n) is 4.62. The van der Waals surface area contributed by atoms with Crippen LogP contribution in [-0.4, -0.2) is 44.7 Å². The van der Waals surface area contributed by atoms with Crippen molar-refractivity contribution in [2.24, 2.45) is 0 Å². The predicted molar refractivity (Wildman–Crippen MR) is 123 cm³/mol. The highest BCUT2D eigenvalue weighted by molar-refractivity contribution is 7.12. The average Bonchev–Trinajstić information content (AvgIpc) is 3.45. The summed E-state index contributed by atoms with van der Waals surface area (Å²) in [7, 11) is 1.62. The Bertz CT molecular complexity index is 1400. The lowest BCUT2D eigenvalue weighted by molar-refractivity contribution is 0.259. The maximum Gasteiger partial charge on any atom is 0.223 e. The fraction of sp³-hybridized carbons (Fsp3) is 0.391. The van der Waals surface area contributed by atoms with Crippen LogP contribution in [0, 0.1) is 11.3 Å². The van der Waals surface area contributed by atoms with Crippen LogP contribution in [-0.2, 0) is 19.4 Å². The van der Waals surface area contributed by atoms with Crippen molar-refractivity contribution in [3.05, 3.63) is 44.9 Å². The predicted octanol–water partition coefficient (Wildman–Crippen LogP) is 3.28. The van der Waals surface area contributed by atoms with E-state index in [2.05, 4.69) is 21.1 Å². The Morgan fingerprint density at radius 1 is 1.31 bits per heavy atom. The summed E-state index contributed by atoms with van der Waals surface area (Å²) >= 11 is 1.86. The maximum atomic E-state index is 9.66. The van der Waals surface area contributed by atoms with Gasteiger partial charge in [-0.15, -0.1) is 16.4 Å².